The van der Waals surface area contributed by atoms with Crippen molar-refractivity contribution >= 4 is 50.7 Å². The van der Waals surface area contributed by atoms with E-state index in [1.807, 2.05) is 0 Å². The lowest BCUT2D eigenvalue weighted by Crippen LogP contribution is -2.19. The monoisotopic (exact) mass is 366 g/mol. The summed E-state index contributed by atoms with van der Waals surface area (Å²) < 4.78 is 0.702. The lowest BCUT2D eigenvalue weighted by Gasteiger charge is -2.08. The molecular formula is C15H12BrClN2O2. The minimum atomic E-state index is -0.375. The second-order valence-electron chi connectivity index (χ2n) is 4.34. The highest BCUT2D eigenvalue weighted by atomic mass is 79.9. The third-order valence-electron chi connectivity index (χ3n) is 2.73. The molecule has 0 spiro atoms. The zero-order valence-electron chi connectivity index (χ0n) is 11.1. The molecule has 4 nitrogen and oxygen atoms in total. The smallest absolute Gasteiger partial charge is 0.308 e. The van der Waals surface area contributed by atoms with E-state index in [1.165, 1.54) is 6.92 Å². The minimum Gasteiger partial charge on any atom is -0.308 e. The molecule has 2 amide bonds. The van der Waals surface area contributed by atoms with Crippen molar-refractivity contribution in [1.29, 1.82) is 0 Å². The molecule has 21 heavy (non-hydrogen) atoms. The average molecular weight is 368 g/mol. The number of carbonyl (C=O) groups is 2. The van der Waals surface area contributed by atoms with E-state index < -0.39 is 0 Å². The van der Waals surface area contributed by atoms with Gasteiger partial charge in [-0.25, -0.2) is 4.79 Å². The Morgan fingerprint density at radius 2 is 1.57 bits per heavy atom. The van der Waals surface area contributed by atoms with Gasteiger partial charge in [0.2, 0.25) is 0 Å². The van der Waals surface area contributed by atoms with Gasteiger partial charge in [-0.2, -0.15) is 0 Å². The molecular weight excluding hydrogens is 356 g/mol. The number of hydrogen-bond donors (Lipinski definition) is 2. The highest BCUT2D eigenvalue weighted by Gasteiger charge is 2.05. The van der Waals surface area contributed by atoms with Gasteiger partial charge in [0.15, 0.2) is 5.78 Å². The molecule has 0 unspecified atom stereocenters. The predicted molar refractivity (Wildman–Crippen MR) is 88.2 cm³/mol. The number of amides is 2. The van der Waals surface area contributed by atoms with Crippen molar-refractivity contribution in [3.8, 4) is 0 Å². The number of ketones is 1. The maximum atomic E-state index is 11.9. The Hall–Kier alpha value is -1.85. The Morgan fingerprint density at radius 3 is 2.14 bits per heavy atom. The summed E-state index contributed by atoms with van der Waals surface area (Å²) in [6.07, 6.45) is 0. The first-order valence-electron chi connectivity index (χ1n) is 6.10. The Kier molecular flexibility index (Phi) is 4.98. The van der Waals surface area contributed by atoms with Crippen LogP contribution in [0.15, 0.2) is 46.9 Å². The summed E-state index contributed by atoms with van der Waals surface area (Å²) in [5, 5.41) is 5.94. The van der Waals surface area contributed by atoms with E-state index in [0.29, 0.717) is 26.4 Å². The predicted octanol–water partition coefficient (Wildman–Crippen LogP) is 4.95. The summed E-state index contributed by atoms with van der Waals surface area (Å²) in [4.78, 5) is 23.0. The molecule has 108 valence electrons. The molecule has 0 aliphatic carbocycles. The summed E-state index contributed by atoms with van der Waals surface area (Å²) >= 11 is 9.17. The molecule has 0 heterocycles. The van der Waals surface area contributed by atoms with Gasteiger partial charge in [0.1, 0.15) is 0 Å². The first-order chi connectivity index (χ1) is 9.95. The standard InChI is InChI=1S/C15H12BrClN2O2/c1-9(20)10-2-4-11(5-3-10)18-15(21)19-12-6-7-14(17)13(16)8-12/h2-8H,1H3,(H2,18,19,21). The quantitative estimate of drug-likeness (QED) is 0.754. The van der Waals surface area contributed by atoms with Crippen LogP contribution >= 0.6 is 27.5 Å². The lowest BCUT2D eigenvalue weighted by atomic mass is 10.1. The number of carbonyl (C=O) groups excluding carboxylic acids is 2. The Morgan fingerprint density at radius 1 is 1.00 bits per heavy atom. The second-order valence-corrected chi connectivity index (χ2v) is 5.60. The van der Waals surface area contributed by atoms with Gasteiger partial charge in [0.05, 0.1) is 5.02 Å². The number of rotatable bonds is 3. The van der Waals surface area contributed by atoms with Crippen LogP contribution in [0.2, 0.25) is 5.02 Å². The van der Waals surface area contributed by atoms with E-state index in [2.05, 4.69) is 26.6 Å². The zero-order valence-corrected chi connectivity index (χ0v) is 13.5. The van der Waals surface area contributed by atoms with Crippen molar-refractivity contribution in [3.63, 3.8) is 0 Å². The highest BCUT2D eigenvalue weighted by molar-refractivity contribution is 9.10. The summed E-state index contributed by atoms with van der Waals surface area (Å²) in [7, 11) is 0. The van der Waals surface area contributed by atoms with Gasteiger partial charge >= 0.3 is 6.03 Å². The molecule has 2 rings (SSSR count). The van der Waals surface area contributed by atoms with Crippen LogP contribution in [-0.4, -0.2) is 11.8 Å². The van der Waals surface area contributed by atoms with Crippen LogP contribution < -0.4 is 10.6 Å². The minimum absolute atomic E-state index is 0.0167. The summed E-state index contributed by atoms with van der Waals surface area (Å²) in [6.45, 7) is 1.49. The molecule has 2 N–H and O–H groups in total. The molecule has 0 saturated heterocycles. The third kappa shape index (κ3) is 4.31. The van der Waals surface area contributed by atoms with E-state index in [4.69, 9.17) is 11.6 Å². The average Bonchev–Trinajstić information content (AvgIpc) is 2.43. The van der Waals surface area contributed by atoms with Crippen LogP contribution in [-0.2, 0) is 0 Å². The number of urea groups is 1. The van der Waals surface area contributed by atoms with Gasteiger partial charge in [-0.05, 0) is 65.3 Å². The van der Waals surface area contributed by atoms with Crippen LogP contribution in [0.25, 0.3) is 0 Å². The molecule has 2 aromatic rings. The van der Waals surface area contributed by atoms with Crippen molar-refractivity contribution in [1.82, 2.24) is 0 Å². The fourth-order valence-electron chi connectivity index (χ4n) is 1.66. The lowest BCUT2D eigenvalue weighted by molar-refractivity contribution is 0.101. The van der Waals surface area contributed by atoms with Crippen molar-refractivity contribution in [2.75, 3.05) is 10.6 Å². The Balaban J connectivity index is 2.01. The molecule has 0 aliphatic heterocycles. The SMILES string of the molecule is CC(=O)c1ccc(NC(=O)Nc2ccc(Cl)c(Br)c2)cc1. The zero-order chi connectivity index (χ0) is 15.4. The first kappa shape index (κ1) is 15.5. The molecule has 0 saturated carbocycles. The number of Topliss-reactive ketones (excluding diaryl/α,β-unsaturated/α-hetero) is 1. The van der Waals surface area contributed by atoms with Crippen molar-refractivity contribution < 1.29 is 9.59 Å². The molecule has 0 fully saturated rings. The topological polar surface area (TPSA) is 58.2 Å². The van der Waals surface area contributed by atoms with E-state index >= 15 is 0 Å². The van der Waals surface area contributed by atoms with Crippen LogP contribution in [0.4, 0.5) is 16.2 Å². The van der Waals surface area contributed by atoms with E-state index in [0.717, 1.165) is 0 Å². The van der Waals surface area contributed by atoms with E-state index in [-0.39, 0.29) is 11.8 Å². The van der Waals surface area contributed by atoms with Gasteiger partial charge in [-0.3, -0.25) is 4.79 Å². The number of anilines is 2. The van der Waals surface area contributed by atoms with Crippen LogP contribution in [0.3, 0.4) is 0 Å². The molecule has 6 heteroatoms. The molecule has 2 aromatic carbocycles. The molecule has 0 aromatic heterocycles. The number of nitrogens with one attached hydrogen (secondary N) is 2. The summed E-state index contributed by atoms with van der Waals surface area (Å²) in [5.74, 6) is -0.0167. The Labute approximate surface area is 135 Å². The summed E-state index contributed by atoms with van der Waals surface area (Å²) in [6, 6.07) is 11.4. The van der Waals surface area contributed by atoms with Gasteiger partial charge in [-0.15, -0.1) is 0 Å². The molecule has 0 aliphatic rings. The molecule has 0 atom stereocenters. The number of benzene rings is 2. The largest absolute Gasteiger partial charge is 0.323 e. The first-order valence-corrected chi connectivity index (χ1v) is 7.27. The van der Waals surface area contributed by atoms with Gasteiger partial charge < -0.3 is 10.6 Å². The number of halogens is 2. The van der Waals surface area contributed by atoms with Crippen molar-refractivity contribution in [3.05, 3.63) is 57.5 Å². The van der Waals surface area contributed by atoms with Crippen LogP contribution in [0.5, 0.6) is 0 Å². The van der Waals surface area contributed by atoms with E-state index in [9.17, 15) is 9.59 Å². The fraction of sp³-hybridized carbons (Fsp3) is 0.0667. The van der Waals surface area contributed by atoms with Crippen LogP contribution in [0, 0.1) is 0 Å². The van der Waals surface area contributed by atoms with Crippen LogP contribution in [0.1, 0.15) is 17.3 Å². The van der Waals surface area contributed by atoms with Gasteiger partial charge in [-0.1, -0.05) is 11.6 Å². The molecule has 0 radical (unpaired) electrons. The van der Waals surface area contributed by atoms with Gasteiger partial charge in [0, 0.05) is 21.4 Å². The van der Waals surface area contributed by atoms with E-state index in [1.54, 1.807) is 42.5 Å². The maximum Gasteiger partial charge on any atom is 0.323 e. The summed E-state index contributed by atoms with van der Waals surface area (Å²) in [5.41, 5.74) is 1.82. The number of hydrogen-bond acceptors (Lipinski definition) is 2. The van der Waals surface area contributed by atoms with Crippen molar-refractivity contribution in [2.24, 2.45) is 0 Å². The Bertz CT molecular complexity index is 687. The van der Waals surface area contributed by atoms with Gasteiger partial charge in [0.25, 0.3) is 0 Å². The molecule has 0 bridgehead atoms. The fourth-order valence-corrected chi connectivity index (χ4v) is 2.15. The maximum absolute atomic E-state index is 11.9. The van der Waals surface area contributed by atoms with Crippen molar-refractivity contribution in [2.45, 2.75) is 6.92 Å². The second kappa shape index (κ2) is 6.74. The highest BCUT2D eigenvalue weighted by Crippen LogP contribution is 2.25. The normalized spacial score (nSPS) is 10.0. The third-order valence-corrected chi connectivity index (χ3v) is 3.94.